The van der Waals surface area contributed by atoms with Gasteiger partial charge in [-0.25, -0.2) is 0 Å². The Balaban J connectivity index is 1.78. The highest BCUT2D eigenvalue weighted by atomic mass is 14.3. The SMILES string of the molecule is c1ccc(-c2cccc3c2Cc2c-3ccc3ccccc23)cc1. The summed E-state index contributed by atoms with van der Waals surface area (Å²) < 4.78 is 0. The lowest BCUT2D eigenvalue weighted by Crippen LogP contribution is -1.88. The molecule has 0 fully saturated rings. The summed E-state index contributed by atoms with van der Waals surface area (Å²) in [5.41, 5.74) is 8.40. The summed E-state index contributed by atoms with van der Waals surface area (Å²) in [6.07, 6.45) is 1.02. The van der Waals surface area contributed by atoms with Crippen molar-refractivity contribution < 1.29 is 0 Å². The third-order valence-corrected chi connectivity index (χ3v) is 4.95. The second kappa shape index (κ2) is 4.82. The number of benzene rings is 4. The molecule has 1 aliphatic carbocycles. The Kier molecular flexibility index (Phi) is 2.65. The molecule has 0 saturated heterocycles. The summed E-state index contributed by atoms with van der Waals surface area (Å²) in [6.45, 7) is 0. The van der Waals surface area contributed by atoms with E-state index in [1.807, 2.05) is 0 Å². The van der Waals surface area contributed by atoms with Gasteiger partial charge in [0.2, 0.25) is 0 Å². The Morgan fingerprint density at radius 1 is 0.478 bits per heavy atom. The van der Waals surface area contributed by atoms with Crippen LogP contribution in [-0.4, -0.2) is 0 Å². The Bertz CT molecular complexity index is 1030. The number of rotatable bonds is 1. The fourth-order valence-corrected chi connectivity index (χ4v) is 3.87. The molecule has 0 radical (unpaired) electrons. The Morgan fingerprint density at radius 3 is 2.13 bits per heavy atom. The van der Waals surface area contributed by atoms with Gasteiger partial charge in [-0.2, -0.15) is 0 Å². The highest BCUT2D eigenvalue weighted by Crippen LogP contribution is 2.44. The van der Waals surface area contributed by atoms with Gasteiger partial charge in [0.05, 0.1) is 0 Å². The number of fused-ring (bicyclic) bond motifs is 5. The van der Waals surface area contributed by atoms with Gasteiger partial charge in [-0.3, -0.25) is 0 Å². The monoisotopic (exact) mass is 292 g/mol. The molecule has 0 heterocycles. The van der Waals surface area contributed by atoms with Crippen molar-refractivity contribution in [3.8, 4) is 22.3 Å². The van der Waals surface area contributed by atoms with E-state index in [9.17, 15) is 0 Å². The van der Waals surface area contributed by atoms with Gasteiger partial charge >= 0.3 is 0 Å². The molecule has 1 aliphatic rings. The third kappa shape index (κ3) is 1.85. The van der Waals surface area contributed by atoms with Gasteiger partial charge in [0.1, 0.15) is 0 Å². The van der Waals surface area contributed by atoms with Crippen LogP contribution in [0, 0.1) is 0 Å². The minimum Gasteiger partial charge on any atom is -0.0622 e. The summed E-state index contributed by atoms with van der Waals surface area (Å²) in [7, 11) is 0. The van der Waals surface area contributed by atoms with Gasteiger partial charge in [0.15, 0.2) is 0 Å². The summed E-state index contributed by atoms with van der Waals surface area (Å²) in [5, 5.41) is 2.72. The molecular formula is C23H16. The van der Waals surface area contributed by atoms with Gasteiger partial charge in [-0.15, -0.1) is 0 Å². The van der Waals surface area contributed by atoms with E-state index in [1.54, 1.807) is 0 Å². The molecule has 0 spiro atoms. The fourth-order valence-electron chi connectivity index (χ4n) is 3.87. The van der Waals surface area contributed by atoms with Crippen molar-refractivity contribution in [2.75, 3.05) is 0 Å². The molecule has 23 heavy (non-hydrogen) atoms. The zero-order valence-electron chi connectivity index (χ0n) is 12.8. The third-order valence-electron chi connectivity index (χ3n) is 4.95. The molecule has 0 heteroatoms. The van der Waals surface area contributed by atoms with Gasteiger partial charge < -0.3 is 0 Å². The first-order chi connectivity index (χ1) is 11.4. The predicted octanol–water partition coefficient (Wildman–Crippen LogP) is 6.08. The number of hydrogen-bond donors (Lipinski definition) is 0. The maximum absolute atomic E-state index is 2.29. The molecule has 4 aromatic rings. The lowest BCUT2D eigenvalue weighted by Gasteiger charge is -2.08. The van der Waals surface area contributed by atoms with Crippen molar-refractivity contribution in [1.29, 1.82) is 0 Å². The lowest BCUT2D eigenvalue weighted by atomic mass is 9.96. The smallest absolute Gasteiger partial charge is 0.000112 e. The molecule has 4 aromatic carbocycles. The molecule has 0 aliphatic heterocycles. The Hall–Kier alpha value is -2.86. The van der Waals surface area contributed by atoms with Gasteiger partial charge in [-0.05, 0) is 50.6 Å². The van der Waals surface area contributed by atoms with Crippen LogP contribution in [0.25, 0.3) is 33.0 Å². The first kappa shape index (κ1) is 12.7. The molecular weight excluding hydrogens is 276 g/mol. The molecule has 0 atom stereocenters. The van der Waals surface area contributed by atoms with E-state index in [1.165, 1.54) is 44.2 Å². The molecule has 0 N–H and O–H groups in total. The lowest BCUT2D eigenvalue weighted by molar-refractivity contribution is 1.28. The molecule has 0 nitrogen and oxygen atoms in total. The van der Waals surface area contributed by atoms with Gasteiger partial charge in [0, 0.05) is 0 Å². The van der Waals surface area contributed by atoms with E-state index in [0.717, 1.165) is 6.42 Å². The van der Waals surface area contributed by atoms with Gasteiger partial charge in [0.25, 0.3) is 0 Å². The quantitative estimate of drug-likeness (QED) is 0.351. The van der Waals surface area contributed by atoms with Crippen molar-refractivity contribution in [2.45, 2.75) is 6.42 Å². The van der Waals surface area contributed by atoms with Crippen LogP contribution in [-0.2, 0) is 6.42 Å². The van der Waals surface area contributed by atoms with Crippen molar-refractivity contribution in [2.24, 2.45) is 0 Å². The van der Waals surface area contributed by atoms with Crippen molar-refractivity contribution >= 4 is 10.8 Å². The number of hydrogen-bond acceptors (Lipinski definition) is 0. The molecule has 0 aromatic heterocycles. The molecule has 0 saturated carbocycles. The standard InChI is InChI=1S/C23H16/c1-2-7-16(8-3-1)19-11-6-12-20-21-14-13-17-9-4-5-10-18(17)23(21)15-22(19)20/h1-14H,15H2. The van der Waals surface area contributed by atoms with Crippen LogP contribution in [0.4, 0.5) is 0 Å². The minimum atomic E-state index is 1.02. The fraction of sp³-hybridized carbons (Fsp3) is 0.0435. The topological polar surface area (TPSA) is 0 Å². The van der Waals surface area contributed by atoms with Crippen LogP contribution in [0.2, 0.25) is 0 Å². The maximum Gasteiger partial charge on any atom is -0.000112 e. The van der Waals surface area contributed by atoms with E-state index >= 15 is 0 Å². The van der Waals surface area contributed by atoms with Crippen LogP contribution in [0.5, 0.6) is 0 Å². The second-order valence-electron chi connectivity index (χ2n) is 6.19. The van der Waals surface area contributed by atoms with Crippen molar-refractivity contribution in [3.63, 3.8) is 0 Å². The minimum absolute atomic E-state index is 1.02. The van der Waals surface area contributed by atoms with E-state index < -0.39 is 0 Å². The largest absolute Gasteiger partial charge is 0.0622 e. The van der Waals surface area contributed by atoms with Crippen LogP contribution < -0.4 is 0 Å². The molecule has 0 unspecified atom stereocenters. The van der Waals surface area contributed by atoms with E-state index in [4.69, 9.17) is 0 Å². The Labute approximate surface area is 136 Å². The van der Waals surface area contributed by atoms with Crippen molar-refractivity contribution in [3.05, 3.63) is 96.1 Å². The van der Waals surface area contributed by atoms with E-state index in [-0.39, 0.29) is 0 Å². The summed E-state index contributed by atoms with van der Waals surface area (Å²) in [5.74, 6) is 0. The molecule has 108 valence electrons. The van der Waals surface area contributed by atoms with E-state index in [2.05, 4.69) is 84.9 Å². The maximum atomic E-state index is 2.29. The molecule has 0 amide bonds. The van der Waals surface area contributed by atoms with Crippen molar-refractivity contribution in [1.82, 2.24) is 0 Å². The average Bonchev–Trinajstić information content (AvgIpc) is 3.01. The predicted molar refractivity (Wildman–Crippen MR) is 97.6 cm³/mol. The highest BCUT2D eigenvalue weighted by molar-refractivity contribution is 5.96. The highest BCUT2D eigenvalue weighted by Gasteiger charge is 2.22. The molecule has 5 rings (SSSR count). The Morgan fingerprint density at radius 2 is 1.22 bits per heavy atom. The van der Waals surface area contributed by atoms with E-state index in [0.29, 0.717) is 0 Å². The molecule has 0 bridgehead atoms. The summed E-state index contributed by atoms with van der Waals surface area (Å²) >= 11 is 0. The first-order valence-electron chi connectivity index (χ1n) is 8.10. The average molecular weight is 292 g/mol. The van der Waals surface area contributed by atoms with Gasteiger partial charge in [-0.1, -0.05) is 84.9 Å². The summed E-state index contributed by atoms with van der Waals surface area (Å²) in [6, 6.07) is 30.7. The zero-order chi connectivity index (χ0) is 15.2. The van der Waals surface area contributed by atoms with Crippen LogP contribution in [0.1, 0.15) is 11.1 Å². The van der Waals surface area contributed by atoms with Crippen LogP contribution in [0.15, 0.2) is 84.9 Å². The summed E-state index contributed by atoms with van der Waals surface area (Å²) in [4.78, 5) is 0. The first-order valence-corrected chi connectivity index (χ1v) is 8.10. The normalized spacial score (nSPS) is 12.2. The zero-order valence-corrected chi connectivity index (χ0v) is 12.8. The van der Waals surface area contributed by atoms with Crippen LogP contribution in [0.3, 0.4) is 0 Å². The van der Waals surface area contributed by atoms with Crippen LogP contribution >= 0.6 is 0 Å². The second-order valence-corrected chi connectivity index (χ2v) is 6.19.